The summed E-state index contributed by atoms with van der Waals surface area (Å²) in [5, 5.41) is 27.5. The summed E-state index contributed by atoms with van der Waals surface area (Å²) in [6, 6.07) is 0. The first-order chi connectivity index (χ1) is 8.85. The minimum absolute atomic E-state index is 0.0240. The molecular formula is C4H4N14. The van der Waals surface area contributed by atoms with Gasteiger partial charge in [0.2, 0.25) is 11.9 Å². The van der Waals surface area contributed by atoms with E-state index in [1.807, 2.05) is 0 Å². The Hall–Kier alpha value is -3.24. The first-order valence-corrected chi connectivity index (χ1v) is 4.47. The van der Waals surface area contributed by atoms with Crippen molar-refractivity contribution in [2.24, 2.45) is 10.2 Å². The van der Waals surface area contributed by atoms with Gasteiger partial charge in [0.1, 0.15) is 0 Å². The van der Waals surface area contributed by atoms with Gasteiger partial charge in [0, 0.05) is 9.82 Å². The van der Waals surface area contributed by atoms with E-state index in [0.717, 1.165) is 0 Å². The summed E-state index contributed by atoms with van der Waals surface area (Å²) < 4.78 is 2.53. The van der Waals surface area contributed by atoms with E-state index in [1.54, 1.807) is 0 Å². The number of aryl methyl sites for hydroxylation is 2. The van der Waals surface area contributed by atoms with Gasteiger partial charge in [-0.3, -0.25) is 0 Å². The molecule has 0 atom stereocenters. The van der Waals surface area contributed by atoms with Gasteiger partial charge in [0.25, 0.3) is 0 Å². The van der Waals surface area contributed by atoms with Gasteiger partial charge in [-0.15, -0.1) is 10.2 Å². The van der Waals surface area contributed by atoms with Crippen molar-refractivity contribution in [1.82, 2.24) is 40.4 Å². The molecule has 0 aliphatic rings. The fraction of sp³-hybridized carbons (Fsp3) is 0.500. The van der Waals surface area contributed by atoms with E-state index in [0.29, 0.717) is 0 Å². The fourth-order valence-corrected chi connectivity index (χ4v) is 1.10. The maximum absolute atomic E-state index is 8.29. The molecule has 0 N–H and O–H groups in total. The van der Waals surface area contributed by atoms with Gasteiger partial charge in [-0.1, -0.05) is 0 Å². The highest BCUT2D eigenvalue weighted by Gasteiger charge is 2.07. The van der Waals surface area contributed by atoms with E-state index in [4.69, 9.17) is 11.1 Å². The summed E-state index contributed by atoms with van der Waals surface area (Å²) in [7, 11) is 0. The van der Waals surface area contributed by atoms with Crippen LogP contribution in [0.3, 0.4) is 0 Å². The van der Waals surface area contributed by atoms with Crippen LogP contribution in [-0.2, 0) is 13.1 Å². The molecule has 0 aliphatic carbocycles. The van der Waals surface area contributed by atoms with Crippen molar-refractivity contribution < 1.29 is 0 Å². The molecule has 0 spiro atoms. The molecule has 0 fully saturated rings. The smallest absolute Gasteiger partial charge is 0.222 e. The Bertz CT molecular complexity index is 564. The van der Waals surface area contributed by atoms with Crippen molar-refractivity contribution in [2.45, 2.75) is 13.1 Å². The van der Waals surface area contributed by atoms with Gasteiger partial charge >= 0.3 is 0 Å². The predicted octanol–water partition coefficient (Wildman–Crippen LogP) is 0.243. The SMILES string of the molecule is [N-]=[N+]=Nc1nnnn1CCn1nnnc1N=[N+]=[N-]. The third-order valence-electron chi connectivity index (χ3n) is 1.82. The molecule has 14 nitrogen and oxygen atoms in total. The van der Waals surface area contributed by atoms with Gasteiger partial charge < -0.3 is 0 Å². The Balaban J connectivity index is 2.11. The molecule has 14 heteroatoms. The van der Waals surface area contributed by atoms with Crippen molar-refractivity contribution in [1.29, 1.82) is 0 Å². The van der Waals surface area contributed by atoms with Gasteiger partial charge in [0.15, 0.2) is 0 Å². The van der Waals surface area contributed by atoms with E-state index in [-0.39, 0.29) is 25.0 Å². The Morgan fingerprint density at radius 2 is 1.33 bits per heavy atom. The minimum Gasteiger partial charge on any atom is -0.222 e. The van der Waals surface area contributed by atoms with Crippen LogP contribution in [0.15, 0.2) is 10.2 Å². The summed E-state index contributed by atoms with van der Waals surface area (Å²) in [5.41, 5.74) is 16.6. The van der Waals surface area contributed by atoms with Gasteiger partial charge in [-0.25, -0.2) is 9.36 Å². The highest BCUT2D eigenvalue weighted by Crippen LogP contribution is 2.07. The van der Waals surface area contributed by atoms with Crippen molar-refractivity contribution in [3.8, 4) is 0 Å². The van der Waals surface area contributed by atoms with Crippen molar-refractivity contribution in [3.63, 3.8) is 0 Å². The van der Waals surface area contributed by atoms with Crippen LogP contribution in [0.4, 0.5) is 11.9 Å². The summed E-state index contributed by atoms with van der Waals surface area (Å²) in [6.45, 7) is 0.501. The Labute approximate surface area is 97.5 Å². The van der Waals surface area contributed by atoms with Crippen LogP contribution in [0.5, 0.6) is 0 Å². The molecular weight excluding hydrogens is 244 g/mol. The van der Waals surface area contributed by atoms with Crippen LogP contribution in [0, 0.1) is 0 Å². The number of rotatable bonds is 5. The molecule has 2 aromatic heterocycles. The lowest BCUT2D eigenvalue weighted by atomic mass is 10.6. The first kappa shape index (κ1) is 11.3. The second-order valence-electron chi connectivity index (χ2n) is 2.78. The second kappa shape index (κ2) is 5.20. The third-order valence-corrected chi connectivity index (χ3v) is 1.82. The maximum atomic E-state index is 8.29. The monoisotopic (exact) mass is 248 g/mol. The normalized spacial score (nSPS) is 9.56. The molecule has 2 rings (SSSR count). The molecule has 0 aromatic carbocycles. The molecule has 2 aromatic rings. The van der Waals surface area contributed by atoms with Crippen molar-refractivity contribution in [3.05, 3.63) is 20.9 Å². The molecule has 0 unspecified atom stereocenters. The second-order valence-corrected chi connectivity index (χ2v) is 2.78. The Morgan fingerprint density at radius 1 is 0.889 bits per heavy atom. The Kier molecular flexibility index (Phi) is 3.25. The molecule has 0 radical (unpaired) electrons. The van der Waals surface area contributed by atoms with Crippen LogP contribution in [-0.4, -0.2) is 40.4 Å². The lowest BCUT2D eigenvalue weighted by Gasteiger charge is -2.01. The van der Waals surface area contributed by atoms with Crippen molar-refractivity contribution >= 4 is 11.9 Å². The van der Waals surface area contributed by atoms with Crippen LogP contribution in [0.2, 0.25) is 0 Å². The highest BCUT2D eigenvalue weighted by molar-refractivity contribution is 5.11. The summed E-state index contributed by atoms with van der Waals surface area (Å²) in [5.74, 6) is 0.0480. The molecule has 0 aliphatic heterocycles. The third kappa shape index (κ3) is 2.29. The summed E-state index contributed by atoms with van der Waals surface area (Å²) in [6.07, 6.45) is 0. The lowest BCUT2D eigenvalue weighted by molar-refractivity contribution is 0.485. The first-order valence-electron chi connectivity index (χ1n) is 4.47. The van der Waals surface area contributed by atoms with Gasteiger partial charge in [-0.05, 0) is 42.1 Å². The van der Waals surface area contributed by atoms with E-state index in [2.05, 4.69) is 51.1 Å². The number of tetrazole rings is 2. The van der Waals surface area contributed by atoms with E-state index < -0.39 is 0 Å². The van der Waals surface area contributed by atoms with Gasteiger partial charge in [-0.2, -0.15) is 0 Å². The van der Waals surface area contributed by atoms with Crippen LogP contribution >= 0.6 is 0 Å². The van der Waals surface area contributed by atoms with E-state index in [1.165, 1.54) is 9.36 Å². The average molecular weight is 248 g/mol. The van der Waals surface area contributed by atoms with Crippen LogP contribution in [0.25, 0.3) is 20.9 Å². The standard InChI is InChI=1S/C4H4N14/c5-11-7-3-9-13-15-17(3)1-2-18-4(8-12-6)10-14-16-18/h1-2H2. The zero-order valence-electron chi connectivity index (χ0n) is 8.68. The number of aromatic nitrogens is 8. The number of hydrogen-bond acceptors (Lipinski definition) is 8. The summed E-state index contributed by atoms with van der Waals surface area (Å²) >= 11 is 0. The molecule has 0 saturated heterocycles. The lowest BCUT2D eigenvalue weighted by Crippen LogP contribution is -2.09. The van der Waals surface area contributed by atoms with E-state index >= 15 is 0 Å². The van der Waals surface area contributed by atoms with E-state index in [9.17, 15) is 0 Å². The highest BCUT2D eigenvalue weighted by atomic mass is 15.6. The summed E-state index contributed by atoms with van der Waals surface area (Å²) in [4.78, 5) is 5.16. The predicted molar refractivity (Wildman–Crippen MR) is 53.2 cm³/mol. The molecule has 0 amide bonds. The maximum Gasteiger partial charge on any atom is 0.238 e. The van der Waals surface area contributed by atoms with Gasteiger partial charge in [0.05, 0.1) is 13.1 Å². The number of nitrogens with zero attached hydrogens (tertiary/aromatic N) is 14. The average Bonchev–Trinajstić information content (AvgIpc) is 2.97. The fourth-order valence-electron chi connectivity index (χ4n) is 1.10. The number of azide groups is 2. The van der Waals surface area contributed by atoms with Crippen LogP contribution in [0.1, 0.15) is 0 Å². The zero-order chi connectivity index (χ0) is 12.8. The van der Waals surface area contributed by atoms with Crippen LogP contribution < -0.4 is 0 Å². The molecule has 0 saturated carbocycles. The Morgan fingerprint density at radius 3 is 1.72 bits per heavy atom. The zero-order valence-corrected chi connectivity index (χ0v) is 8.68. The molecule has 0 bridgehead atoms. The number of hydrogen-bond donors (Lipinski definition) is 0. The topological polar surface area (TPSA) is 185 Å². The minimum atomic E-state index is 0.0240. The molecule has 90 valence electrons. The quantitative estimate of drug-likeness (QED) is 0.414. The largest absolute Gasteiger partial charge is 0.238 e. The molecule has 18 heavy (non-hydrogen) atoms. The van der Waals surface area contributed by atoms with Crippen molar-refractivity contribution in [2.75, 3.05) is 0 Å². The molecule has 2 heterocycles.